The molecule has 160 valence electrons. The van der Waals surface area contributed by atoms with Crippen molar-refractivity contribution in [3.63, 3.8) is 0 Å². The largest absolute Gasteiger partial charge is 0.486 e. The van der Waals surface area contributed by atoms with Crippen LogP contribution in [0.15, 0.2) is 41.3 Å². The van der Waals surface area contributed by atoms with E-state index in [1.165, 1.54) is 22.5 Å². The van der Waals surface area contributed by atoms with Crippen molar-refractivity contribution in [2.45, 2.75) is 17.7 Å². The number of amides is 1. The highest BCUT2D eigenvalue weighted by atomic mass is 35.5. The first kappa shape index (κ1) is 20.9. The Hall–Kier alpha value is -2.36. The maximum Gasteiger partial charge on any atom is 0.245 e. The van der Waals surface area contributed by atoms with Gasteiger partial charge < -0.3 is 14.8 Å². The van der Waals surface area contributed by atoms with E-state index in [2.05, 4.69) is 5.32 Å². The third kappa shape index (κ3) is 4.10. The zero-order chi connectivity index (χ0) is 21.3. The lowest BCUT2D eigenvalue weighted by atomic mass is 9.97. The molecule has 2 aliphatic heterocycles. The molecular formula is C20H20ClFN2O5S. The second kappa shape index (κ2) is 8.41. The molecule has 0 atom stereocenters. The van der Waals surface area contributed by atoms with Crippen molar-refractivity contribution in [3.05, 3.63) is 47.2 Å². The molecule has 1 saturated heterocycles. The van der Waals surface area contributed by atoms with Crippen LogP contribution in [0.4, 0.5) is 10.1 Å². The van der Waals surface area contributed by atoms with E-state index in [1.54, 1.807) is 12.1 Å². The second-order valence-corrected chi connectivity index (χ2v) is 9.39. The molecule has 0 aromatic heterocycles. The predicted molar refractivity (Wildman–Crippen MR) is 109 cm³/mol. The number of carbonyl (C=O) groups excluding carboxylic acids is 1. The first-order valence-electron chi connectivity index (χ1n) is 9.51. The standard InChI is InChI=1S/C20H20ClFN2O5S/c21-14-11-17-18(29-10-9-28-17)12-16(14)23-20(25)13-5-7-24(8-6-13)30(26,27)19-4-2-1-3-15(19)22/h1-4,11-13H,5-10H2,(H,23,25). The average Bonchev–Trinajstić information content (AvgIpc) is 2.74. The van der Waals surface area contributed by atoms with Gasteiger partial charge in [-0.1, -0.05) is 23.7 Å². The summed E-state index contributed by atoms with van der Waals surface area (Å²) in [6.07, 6.45) is 0.642. The number of rotatable bonds is 4. The molecular weight excluding hydrogens is 435 g/mol. The Bertz CT molecular complexity index is 1070. The van der Waals surface area contributed by atoms with Gasteiger partial charge in [0.2, 0.25) is 15.9 Å². The maximum atomic E-state index is 13.9. The number of nitrogens with one attached hydrogen (secondary N) is 1. The molecule has 2 aromatic rings. The van der Waals surface area contributed by atoms with Crippen LogP contribution in [0, 0.1) is 11.7 Å². The smallest absolute Gasteiger partial charge is 0.245 e. The second-order valence-electron chi connectivity index (χ2n) is 7.07. The summed E-state index contributed by atoms with van der Waals surface area (Å²) in [7, 11) is -3.94. The Kier molecular flexibility index (Phi) is 5.86. The van der Waals surface area contributed by atoms with Crippen LogP contribution in [0.2, 0.25) is 5.02 Å². The van der Waals surface area contributed by atoms with Crippen LogP contribution in [0.5, 0.6) is 11.5 Å². The fourth-order valence-electron chi connectivity index (χ4n) is 3.55. The molecule has 30 heavy (non-hydrogen) atoms. The van der Waals surface area contributed by atoms with Crippen molar-refractivity contribution in [1.82, 2.24) is 4.31 Å². The summed E-state index contributed by atoms with van der Waals surface area (Å²) in [6, 6.07) is 8.49. The summed E-state index contributed by atoms with van der Waals surface area (Å²) in [4.78, 5) is 12.3. The van der Waals surface area contributed by atoms with Crippen LogP contribution >= 0.6 is 11.6 Å². The number of halogens is 2. The van der Waals surface area contributed by atoms with Crippen LogP contribution in [0.25, 0.3) is 0 Å². The van der Waals surface area contributed by atoms with Crippen molar-refractivity contribution in [2.24, 2.45) is 5.92 Å². The highest BCUT2D eigenvalue weighted by molar-refractivity contribution is 7.89. The SMILES string of the molecule is O=C(Nc1cc2c(cc1Cl)OCCO2)C1CCN(S(=O)(=O)c2ccccc2F)CC1. The van der Waals surface area contributed by atoms with E-state index in [-0.39, 0.29) is 29.8 Å². The fraction of sp³-hybridized carbons (Fsp3) is 0.350. The highest BCUT2D eigenvalue weighted by Gasteiger charge is 2.33. The Labute approximate surface area is 178 Å². The number of hydrogen-bond acceptors (Lipinski definition) is 5. The van der Waals surface area contributed by atoms with Gasteiger partial charge in [-0.05, 0) is 25.0 Å². The summed E-state index contributed by atoms with van der Waals surface area (Å²) in [5, 5.41) is 3.12. The van der Waals surface area contributed by atoms with E-state index >= 15 is 0 Å². The quantitative estimate of drug-likeness (QED) is 0.766. The molecule has 0 spiro atoms. The van der Waals surface area contributed by atoms with Crippen molar-refractivity contribution < 1.29 is 27.1 Å². The van der Waals surface area contributed by atoms with Gasteiger partial charge in [0.1, 0.15) is 23.9 Å². The first-order valence-corrected chi connectivity index (χ1v) is 11.3. The number of fused-ring (bicyclic) bond motifs is 1. The minimum absolute atomic E-state index is 0.129. The monoisotopic (exact) mass is 454 g/mol. The summed E-state index contributed by atoms with van der Waals surface area (Å²) < 4.78 is 51.5. The van der Waals surface area contributed by atoms with Gasteiger partial charge >= 0.3 is 0 Å². The number of benzene rings is 2. The highest BCUT2D eigenvalue weighted by Crippen LogP contribution is 2.38. The van der Waals surface area contributed by atoms with E-state index in [0.29, 0.717) is 48.3 Å². The number of anilines is 1. The zero-order valence-corrected chi connectivity index (χ0v) is 17.5. The molecule has 2 aromatic carbocycles. The number of piperidine rings is 1. The van der Waals surface area contributed by atoms with E-state index in [9.17, 15) is 17.6 Å². The number of ether oxygens (including phenoxy) is 2. The van der Waals surface area contributed by atoms with Gasteiger partial charge in [0, 0.05) is 31.1 Å². The lowest BCUT2D eigenvalue weighted by Crippen LogP contribution is -2.41. The summed E-state index contributed by atoms with van der Waals surface area (Å²) in [5.74, 6) is -0.397. The van der Waals surface area contributed by atoms with E-state index in [1.807, 2.05) is 0 Å². The topological polar surface area (TPSA) is 84.9 Å². The Morgan fingerprint density at radius 1 is 1.10 bits per heavy atom. The Morgan fingerprint density at radius 3 is 2.40 bits per heavy atom. The van der Waals surface area contributed by atoms with E-state index in [0.717, 1.165) is 6.07 Å². The molecule has 10 heteroatoms. The van der Waals surface area contributed by atoms with Gasteiger partial charge in [0.15, 0.2) is 11.5 Å². The van der Waals surface area contributed by atoms with Crippen LogP contribution in [-0.4, -0.2) is 44.9 Å². The zero-order valence-electron chi connectivity index (χ0n) is 15.9. The van der Waals surface area contributed by atoms with Crippen LogP contribution in [0.1, 0.15) is 12.8 Å². The minimum Gasteiger partial charge on any atom is -0.486 e. The predicted octanol–water partition coefficient (Wildman–Crippen LogP) is 3.29. The van der Waals surface area contributed by atoms with Crippen LogP contribution in [-0.2, 0) is 14.8 Å². The molecule has 0 bridgehead atoms. The molecule has 0 aliphatic carbocycles. The van der Waals surface area contributed by atoms with Gasteiger partial charge in [-0.15, -0.1) is 0 Å². The first-order chi connectivity index (χ1) is 14.4. The molecule has 2 heterocycles. The van der Waals surface area contributed by atoms with Gasteiger partial charge in [-0.2, -0.15) is 4.31 Å². The molecule has 1 amide bonds. The van der Waals surface area contributed by atoms with Gasteiger partial charge in [-0.25, -0.2) is 12.8 Å². The Balaban J connectivity index is 1.41. The van der Waals surface area contributed by atoms with Gasteiger partial charge in [0.05, 0.1) is 10.7 Å². The molecule has 1 fully saturated rings. The minimum atomic E-state index is -3.94. The van der Waals surface area contributed by atoms with E-state index in [4.69, 9.17) is 21.1 Å². The number of nitrogens with zero attached hydrogens (tertiary/aromatic N) is 1. The van der Waals surface area contributed by atoms with Gasteiger partial charge in [0.25, 0.3) is 0 Å². The molecule has 4 rings (SSSR count). The molecule has 2 aliphatic rings. The third-order valence-corrected chi connectivity index (χ3v) is 7.41. The molecule has 7 nitrogen and oxygen atoms in total. The number of carbonyl (C=O) groups is 1. The molecule has 0 unspecified atom stereocenters. The number of hydrogen-bond donors (Lipinski definition) is 1. The molecule has 0 saturated carbocycles. The number of sulfonamides is 1. The molecule has 1 N–H and O–H groups in total. The third-order valence-electron chi connectivity index (χ3n) is 5.17. The molecule has 0 radical (unpaired) electrons. The average molecular weight is 455 g/mol. The summed E-state index contributed by atoms with van der Waals surface area (Å²) in [6.45, 7) is 1.10. The maximum absolute atomic E-state index is 13.9. The van der Waals surface area contributed by atoms with Crippen LogP contribution in [0.3, 0.4) is 0 Å². The van der Waals surface area contributed by atoms with Crippen molar-refractivity contribution in [2.75, 3.05) is 31.6 Å². The van der Waals surface area contributed by atoms with Gasteiger partial charge in [-0.3, -0.25) is 4.79 Å². The normalized spacial score (nSPS) is 17.5. The van der Waals surface area contributed by atoms with Crippen molar-refractivity contribution >= 4 is 33.2 Å². The lowest BCUT2D eigenvalue weighted by Gasteiger charge is -2.30. The van der Waals surface area contributed by atoms with Crippen molar-refractivity contribution in [3.8, 4) is 11.5 Å². The summed E-state index contributed by atoms with van der Waals surface area (Å²) in [5.41, 5.74) is 0.410. The Morgan fingerprint density at radius 2 is 1.73 bits per heavy atom. The fourth-order valence-corrected chi connectivity index (χ4v) is 5.28. The summed E-state index contributed by atoms with van der Waals surface area (Å²) >= 11 is 6.24. The van der Waals surface area contributed by atoms with Crippen molar-refractivity contribution in [1.29, 1.82) is 0 Å². The van der Waals surface area contributed by atoms with E-state index < -0.39 is 15.8 Å². The lowest BCUT2D eigenvalue weighted by molar-refractivity contribution is -0.120. The van der Waals surface area contributed by atoms with Crippen LogP contribution < -0.4 is 14.8 Å².